The Kier molecular flexibility index (Phi) is 0.941. The van der Waals surface area contributed by atoms with E-state index in [9.17, 15) is 14.1 Å². The highest BCUT2D eigenvalue weighted by Gasteiger charge is 2.36. The molecular formula is C2O5Si. The fraction of sp³-hybridized carbons (Fsp3) is 0. The molecule has 0 aromatic heterocycles. The Morgan fingerprint density at radius 3 is 1.62 bits per heavy atom. The fourth-order valence-corrected chi connectivity index (χ4v) is 0.767. The van der Waals surface area contributed by atoms with Crippen LogP contribution in [0.25, 0.3) is 0 Å². The van der Waals surface area contributed by atoms with E-state index in [1.54, 1.807) is 0 Å². The van der Waals surface area contributed by atoms with E-state index in [1.165, 1.54) is 0 Å². The zero-order chi connectivity index (χ0) is 6.15. The van der Waals surface area contributed by atoms with Crippen LogP contribution in [0.3, 0.4) is 0 Å². The number of rotatable bonds is 0. The van der Waals surface area contributed by atoms with E-state index in [2.05, 4.69) is 8.85 Å². The lowest BCUT2D eigenvalue weighted by atomic mass is 10.7. The zero-order valence-corrected chi connectivity index (χ0v) is 4.54. The molecule has 8 heavy (non-hydrogen) atoms. The molecule has 0 unspecified atom stereocenters. The second kappa shape index (κ2) is 1.48. The van der Waals surface area contributed by atoms with Crippen LogP contribution in [0.15, 0.2) is 0 Å². The lowest BCUT2D eigenvalue weighted by Crippen LogP contribution is -2.05. The maximum atomic E-state index is 9.96. The topological polar surface area (TPSA) is 69.7 Å². The quantitative estimate of drug-likeness (QED) is 0.296. The van der Waals surface area contributed by atoms with Crippen LogP contribution in [-0.4, -0.2) is 21.1 Å². The number of hydrogen-bond donors (Lipinski definition) is 0. The Morgan fingerprint density at radius 2 is 1.50 bits per heavy atom. The van der Waals surface area contributed by atoms with Crippen molar-refractivity contribution < 1.29 is 22.9 Å². The Labute approximate surface area is 45.1 Å². The molecule has 42 valence electrons. The Balaban J connectivity index is 2.79. The molecule has 0 spiro atoms. The number of hydrogen-bond acceptors (Lipinski definition) is 5. The minimum absolute atomic E-state index is 1.17. The van der Waals surface area contributed by atoms with Crippen molar-refractivity contribution in [2.24, 2.45) is 0 Å². The molecule has 0 aromatic rings. The van der Waals surface area contributed by atoms with E-state index in [0.29, 0.717) is 0 Å². The SMILES string of the molecule is O=C1O[Si](=O)OC1=O. The van der Waals surface area contributed by atoms with Gasteiger partial charge in [0, 0.05) is 0 Å². The molecule has 0 aliphatic carbocycles. The smallest absolute Gasteiger partial charge is 0.421 e. The third-order valence-electron chi connectivity index (χ3n) is 0.519. The summed E-state index contributed by atoms with van der Waals surface area (Å²) in [5, 5.41) is 0. The van der Waals surface area contributed by atoms with Crippen molar-refractivity contribution in [1.82, 2.24) is 0 Å². The van der Waals surface area contributed by atoms with Gasteiger partial charge in [0.15, 0.2) is 0 Å². The van der Waals surface area contributed by atoms with Crippen molar-refractivity contribution in [3.63, 3.8) is 0 Å². The molecule has 0 amide bonds. The molecule has 0 atom stereocenters. The first-order chi connectivity index (χ1) is 3.70. The molecule has 0 radical (unpaired) electrons. The van der Waals surface area contributed by atoms with Crippen LogP contribution in [-0.2, 0) is 22.9 Å². The fourth-order valence-electron chi connectivity index (χ4n) is 0.256. The van der Waals surface area contributed by atoms with E-state index in [0.717, 1.165) is 0 Å². The van der Waals surface area contributed by atoms with Crippen molar-refractivity contribution in [2.45, 2.75) is 0 Å². The molecule has 0 saturated carbocycles. The second-order valence-corrected chi connectivity index (χ2v) is 1.94. The highest BCUT2D eigenvalue weighted by atomic mass is 28.3. The molecule has 0 aromatic carbocycles. The van der Waals surface area contributed by atoms with Crippen LogP contribution in [0.4, 0.5) is 0 Å². The van der Waals surface area contributed by atoms with Gasteiger partial charge in [0.25, 0.3) is 0 Å². The summed E-state index contributed by atoms with van der Waals surface area (Å²) >= 11 is 0. The van der Waals surface area contributed by atoms with Crippen LogP contribution >= 0.6 is 0 Å². The molecule has 1 aliphatic heterocycles. The summed E-state index contributed by atoms with van der Waals surface area (Å²) in [5.74, 6) is -2.34. The van der Waals surface area contributed by atoms with Crippen molar-refractivity contribution in [2.75, 3.05) is 0 Å². The van der Waals surface area contributed by atoms with E-state index >= 15 is 0 Å². The van der Waals surface area contributed by atoms with Crippen LogP contribution in [0, 0.1) is 0 Å². The molecule has 1 fully saturated rings. The number of carbonyl (C=O) groups is 2. The van der Waals surface area contributed by atoms with Gasteiger partial charge in [-0.25, -0.2) is 9.59 Å². The third-order valence-corrected chi connectivity index (χ3v) is 1.22. The predicted octanol–water partition coefficient (Wildman–Crippen LogP) is -1.50. The van der Waals surface area contributed by atoms with E-state index < -0.39 is 21.1 Å². The summed E-state index contributed by atoms with van der Waals surface area (Å²) in [7, 11) is -2.80. The lowest BCUT2D eigenvalue weighted by Gasteiger charge is -1.71. The van der Waals surface area contributed by atoms with Crippen LogP contribution < -0.4 is 0 Å². The lowest BCUT2D eigenvalue weighted by molar-refractivity contribution is -0.150. The molecular weight excluding hydrogens is 132 g/mol. The Morgan fingerprint density at radius 1 is 1.12 bits per heavy atom. The van der Waals surface area contributed by atoms with Gasteiger partial charge in [0.05, 0.1) is 0 Å². The van der Waals surface area contributed by atoms with Gasteiger partial charge >= 0.3 is 21.1 Å². The minimum atomic E-state index is -2.80. The summed E-state index contributed by atoms with van der Waals surface area (Å²) in [6, 6.07) is 0. The Bertz CT molecular complexity index is 153. The van der Waals surface area contributed by atoms with Crippen LogP contribution in [0.5, 0.6) is 0 Å². The van der Waals surface area contributed by atoms with E-state index in [4.69, 9.17) is 0 Å². The van der Waals surface area contributed by atoms with Gasteiger partial charge in [-0.2, -0.15) is 0 Å². The average Bonchev–Trinajstić information content (AvgIpc) is 1.85. The zero-order valence-electron chi connectivity index (χ0n) is 3.54. The largest absolute Gasteiger partial charge is 0.783 e. The Hall–Kier alpha value is -1.04. The van der Waals surface area contributed by atoms with Gasteiger partial charge in [-0.1, -0.05) is 0 Å². The van der Waals surface area contributed by atoms with Crippen molar-refractivity contribution in [3.8, 4) is 0 Å². The van der Waals surface area contributed by atoms with Gasteiger partial charge in [-0.15, -0.1) is 0 Å². The van der Waals surface area contributed by atoms with Crippen LogP contribution in [0.1, 0.15) is 0 Å². The number of carbonyl (C=O) groups excluding carboxylic acids is 2. The second-order valence-electron chi connectivity index (χ2n) is 1.03. The average molecular weight is 132 g/mol. The normalized spacial score (nSPS) is 18.2. The van der Waals surface area contributed by atoms with Gasteiger partial charge < -0.3 is 8.85 Å². The summed E-state index contributed by atoms with van der Waals surface area (Å²) in [4.78, 5) is 19.8. The summed E-state index contributed by atoms with van der Waals surface area (Å²) in [5.41, 5.74) is 0. The molecule has 0 bridgehead atoms. The highest BCUT2D eigenvalue weighted by Crippen LogP contribution is 1.93. The van der Waals surface area contributed by atoms with Gasteiger partial charge in [-0.05, 0) is 0 Å². The molecule has 0 N–H and O–H groups in total. The summed E-state index contributed by atoms with van der Waals surface area (Å²) in [6.07, 6.45) is 0. The molecule has 1 rings (SSSR count). The first-order valence-electron chi connectivity index (χ1n) is 1.68. The minimum Gasteiger partial charge on any atom is -0.421 e. The standard InChI is InChI=1S/C2O5Si/c3-1-2(4)7-8(5)6-1. The van der Waals surface area contributed by atoms with Crippen LogP contribution in [0.2, 0.25) is 0 Å². The molecule has 1 aliphatic rings. The maximum Gasteiger partial charge on any atom is 0.783 e. The predicted molar refractivity (Wildman–Crippen MR) is 18.6 cm³/mol. The molecule has 6 heteroatoms. The maximum absolute atomic E-state index is 9.96. The monoisotopic (exact) mass is 132 g/mol. The first kappa shape index (κ1) is 5.10. The van der Waals surface area contributed by atoms with Gasteiger partial charge in [0.2, 0.25) is 0 Å². The van der Waals surface area contributed by atoms with Crippen molar-refractivity contribution in [3.05, 3.63) is 0 Å². The van der Waals surface area contributed by atoms with E-state index in [-0.39, 0.29) is 0 Å². The van der Waals surface area contributed by atoms with Gasteiger partial charge in [-0.3, -0.25) is 4.46 Å². The van der Waals surface area contributed by atoms with Gasteiger partial charge in [0.1, 0.15) is 0 Å². The molecule has 1 saturated heterocycles. The highest BCUT2D eigenvalue weighted by molar-refractivity contribution is 6.50. The summed E-state index contributed by atoms with van der Waals surface area (Å²) in [6.45, 7) is 0. The third kappa shape index (κ3) is 0.646. The van der Waals surface area contributed by atoms with Crippen molar-refractivity contribution >= 4 is 21.1 Å². The first-order valence-corrected chi connectivity index (χ1v) is 2.90. The van der Waals surface area contributed by atoms with Crippen molar-refractivity contribution in [1.29, 1.82) is 0 Å². The molecule has 5 nitrogen and oxygen atoms in total. The molecule has 1 heterocycles. The van der Waals surface area contributed by atoms with E-state index in [1.807, 2.05) is 0 Å². The summed E-state index contributed by atoms with van der Waals surface area (Å²) < 4.78 is 17.6.